The molecular formula is C13H24N4. The van der Waals surface area contributed by atoms with Crippen molar-refractivity contribution in [2.24, 2.45) is 7.05 Å². The van der Waals surface area contributed by atoms with E-state index in [-0.39, 0.29) is 0 Å². The monoisotopic (exact) mass is 236 g/mol. The van der Waals surface area contributed by atoms with Crippen molar-refractivity contribution >= 4 is 0 Å². The fraction of sp³-hybridized carbons (Fsp3) is 0.462. The van der Waals surface area contributed by atoms with Crippen LogP contribution in [0.25, 0.3) is 0 Å². The number of pyridine rings is 1. The Morgan fingerprint density at radius 2 is 1.71 bits per heavy atom. The molecule has 2 aromatic heterocycles. The molecule has 0 aliphatic carbocycles. The summed E-state index contributed by atoms with van der Waals surface area (Å²) in [6, 6.07) is 5.86. The minimum absolute atomic E-state index is 1.07. The molecule has 0 spiro atoms. The normalized spacial score (nSPS) is 7.41. The van der Waals surface area contributed by atoms with Crippen molar-refractivity contribution in [3.63, 3.8) is 0 Å². The van der Waals surface area contributed by atoms with E-state index in [4.69, 9.17) is 0 Å². The van der Waals surface area contributed by atoms with Crippen LogP contribution in [0.5, 0.6) is 0 Å². The van der Waals surface area contributed by atoms with Gasteiger partial charge < -0.3 is 0 Å². The highest BCUT2D eigenvalue weighted by molar-refractivity contribution is 4.99. The van der Waals surface area contributed by atoms with Crippen molar-refractivity contribution in [2.75, 3.05) is 0 Å². The van der Waals surface area contributed by atoms with E-state index in [0.717, 1.165) is 5.69 Å². The topological polar surface area (TPSA) is 43.6 Å². The van der Waals surface area contributed by atoms with Gasteiger partial charge in [0.2, 0.25) is 0 Å². The van der Waals surface area contributed by atoms with Gasteiger partial charge in [-0.05, 0) is 19.1 Å². The molecule has 2 rings (SSSR count). The number of rotatable bonds is 0. The maximum atomic E-state index is 3.98. The Balaban J connectivity index is 0. The molecule has 0 amide bonds. The zero-order valence-electron chi connectivity index (χ0n) is 11.8. The number of nitrogens with zero attached hydrogens (tertiary/aromatic N) is 4. The Hall–Kier alpha value is -1.71. The Morgan fingerprint density at radius 3 is 1.88 bits per heavy atom. The quantitative estimate of drug-likeness (QED) is 0.705. The summed E-state index contributed by atoms with van der Waals surface area (Å²) in [5, 5.41) is 3.72. The van der Waals surface area contributed by atoms with Crippen molar-refractivity contribution in [3.8, 4) is 0 Å². The third-order valence-electron chi connectivity index (χ3n) is 1.35. The van der Waals surface area contributed by atoms with Crippen LogP contribution in [0.4, 0.5) is 0 Å². The highest BCUT2D eigenvalue weighted by Gasteiger charge is 1.73. The summed E-state index contributed by atoms with van der Waals surface area (Å²) in [5.74, 6) is 0. The van der Waals surface area contributed by atoms with Gasteiger partial charge in [0.15, 0.2) is 0 Å². The lowest BCUT2D eigenvalue weighted by molar-refractivity contribution is 0.765. The van der Waals surface area contributed by atoms with Crippen LogP contribution in [0, 0.1) is 6.92 Å². The summed E-state index contributed by atoms with van der Waals surface area (Å²) < 4.78 is 1.64. The molecule has 0 bridgehead atoms. The number of aryl methyl sites for hydroxylation is 2. The Kier molecular flexibility index (Phi) is 14.9. The molecular weight excluding hydrogens is 212 g/mol. The first kappa shape index (κ1) is 17.7. The van der Waals surface area contributed by atoms with Gasteiger partial charge in [-0.25, -0.2) is 4.98 Å². The molecule has 4 heteroatoms. The molecule has 0 aliphatic heterocycles. The van der Waals surface area contributed by atoms with Crippen molar-refractivity contribution in [1.29, 1.82) is 0 Å². The number of hydrogen-bond acceptors (Lipinski definition) is 3. The van der Waals surface area contributed by atoms with E-state index >= 15 is 0 Å². The Bertz CT molecular complexity index is 316. The van der Waals surface area contributed by atoms with Crippen LogP contribution in [0.2, 0.25) is 0 Å². The minimum Gasteiger partial charge on any atom is -0.262 e. The lowest BCUT2D eigenvalue weighted by atomic mass is 10.4. The second kappa shape index (κ2) is 14.3. The van der Waals surface area contributed by atoms with Crippen LogP contribution in [0.15, 0.2) is 37.1 Å². The first-order valence-corrected chi connectivity index (χ1v) is 5.95. The molecule has 0 aliphatic rings. The average molecular weight is 236 g/mol. The van der Waals surface area contributed by atoms with Crippen molar-refractivity contribution in [1.82, 2.24) is 19.7 Å². The maximum Gasteiger partial charge on any atom is 0.137 e. The van der Waals surface area contributed by atoms with E-state index in [1.807, 2.05) is 59.9 Å². The SMILES string of the molecule is CC.CC.Cc1ccccn1.Cn1cncn1. The molecule has 0 aromatic carbocycles. The lowest BCUT2D eigenvalue weighted by Crippen LogP contribution is -1.83. The summed E-state index contributed by atoms with van der Waals surface area (Å²) in [4.78, 5) is 7.65. The number of hydrogen-bond donors (Lipinski definition) is 0. The average Bonchev–Trinajstić information content (AvgIpc) is 2.87. The van der Waals surface area contributed by atoms with Gasteiger partial charge in [0.25, 0.3) is 0 Å². The second-order valence-electron chi connectivity index (χ2n) is 2.54. The van der Waals surface area contributed by atoms with Crippen molar-refractivity contribution in [2.45, 2.75) is 34.6 Å². The van der Waals surface area contributed by atoms with Gasteiger partial charge in [-0.3, -0.25) is 9.67 Å². The smallest absolute Gasteiger partial charge is 0.137 e. The van der Waals surface area contributed by atoms with E-state index in [1.54, 1.807) is 17.2 Å². The standard InChI is InChI=1S/C6H7N.C3H5N3.2C2H6/c1-6-4-2-3-5-7-6;1-6-3-4-2-5-6;2*1-2/h2-5H,1H3;2-3H,1H3;2*1-2H3. The maximum absolute atomic E-state index is 3.98. The van der Waals surface area contributed by atoms with Gasteiger partial charge in [-0.2, -0.15) is 5.10 Å². The van der Waals surface area contributed by atoms with E-state index in [0.29, 0.717) is 0 Å². The molecule has 0 saturated heterocycles. The van der Waals surface area contributed by atoms with E-state index in [1.165, 1.54) is 6.33 Å². The predicted octanol–water partition coefficient (Wildman–Crippen LogP) is 3.26. The van der Waals surface area contributed by atoms with Crippen LogP contribution in [-0.4, -0.2) is 19.7 Å². The van der Waals surface area contributed by atoms with Gasteiger partial charge >= 0.3 is 0 Å². The van der Waals surface area contributed by atoms with Crippen molar-refractivity contribution < 1.29 is 0 Å². The van der Waals surface area contributed by atoms with E-state index in [9.17, 15) is 0 Å². The first-order valence-electron chi connectivity index (χ1n) is 5.95. The molecule has 0 N–H and O–H groups in total. The molecule has 2 aromatic rings. The molecule has 0 saturated carbocycles. The van der Waals surface area contributed by atoms with Crippen LogP contribution >= 0.6 is 0 Å². The molecule has 17 heavy (non-hydrogen) atoms. The zero-order chi connectivity index (χ0) is 13.5. The molecule has 0 radical (unpaired) electrons. The third-order valence-corrected chi connectivity index (χ3v) is 1.35. The van der Waals surface area contributed by atoms with Crippen LogP contribution in [0.3, 0.4) is 0 Å². The van der Waals surface area contributed by atoms with E-state index in [2.05, 4.69) is 15.1 Å². The van der Waals surface area contributed by atoms with Crippen LogP contribution in [-0.2, 0) is 7.05 Å². The highest BCUT2D eigenvalue weighted by atomic mass is 15.3. The van der Waals surface area contributed by atoms with Gasteiger partial charge in [-0.15, -0.1) is 0 Å². The second-order valence-corrected chi connectivity index (χ2v) is 2.54. The Labute approximate surface area is 105 Å². The van der Waals surface area contributed by atoms with Crippen molar-refractivity contribution in [3.05, 3.63) is 42.7 Å². The van der Waals surface area contributed by atoms with Gasteiger partial charge in [0, 0.05) is 18.9 Å². The summed E-state index contributed by atoms with van der Waals surface area (Å²) in [5.41, 5.74) is 1.07. The lowest BCUT2D eigenvalue weighted by Gasteiger charge is -1.82. The molecule has 96 valence electrons. The Morgan fingerprint density at radius 1 is 1.06 bits per heavy atom. The van der Waals surface area contributed by atoms with Gasteiger partial charge in [0.1, 0.15) is 12.7 Å². The third kappa shape index (κ3) is 12.2. The molecule has 2 heterocycles. The molecule has 0 fully saturated rings. The predicted molar refractivity (Wildman–Crippen MR) is 72.7 cm³/mol. The van der Waals surface area contributed by atoms with Gasteiger partial charge in [0.05, 0.1) is 0 Å². The fourth-order valence-electron chi connectivity index (χ4n) is 0.716. The summed E-state index contributed by atoms with van der Waals surface area (Å²) >= 11 is 0. The van der Waals surface area contributed by atoms with Crippen LogP contribution < -0.4 is 0 Å². The minimum atomic E-state index is 1.07. The summed E-state index contributed by atoms with van der Waals surface area (Å²) in [6.45, 7) is 9.97. The molecule has 0 unspecified atom stereocenters. The van der Waals surface area contributed by atoms with E-state index < -0.39 is 0 Å². The zero-order valence-corrected chi connectivity index (χ0v) is 11.8. The molecule has 4 nitrogen and oxygen atoms in total. The van der Waals surface area contributed by atoms with Crippen LogP contribution in [0.1, 0.15) is 33.4 Å². The fourth-order valence-corrected chi connectivity index (χ4v) is 0.716. The summed E-state index contributed by atoms with van der Waals surface area (Å²) in [6.07, 6.45) is 4.93. The first-order chi connectivity index (χ1) is 8.29. The summed E-state index contributed by atoms with van der Waals surface area (Å²) in [7, 11) is 1.83. The van der Waals surface area contributed by atoms with Gasteiger partial charge in [-0.1, -0.05) is 33.8 Å². The highest BCUT2D eigenvalue weighted by Crippen LogP contribution is 1.86. The molecule has 0 atom stereocenters. The largest absolute Gasteiger partial charge is 0.262 e. The number of aromatic nitrogens is 4.